The lowest BCUT2D eigenvalue weighted by molar-refractivity contribution is -0.118. The van der Waals surface area contributed by atoms with Gasteiger partial charge in [-0.05, 0) is 40.8 Å². The molecule has 0 saturated heterocycles. The number of alkyl halides is 2. The van der Waals surface area contributed by atoms with Gasteiger partial charge in [-0.3, -0.25) is 9.69 Å². The van der Waals surface area contributed by atoms with E-state index in [1.54, 1.807) is 15.3 Å². The summed E-state index contributed by atoms with van der Waals surface area (Å²) in [6.45, 7) is 2.18. The molecule has 226 valence electrons. The molecule has 0 fully saturated rings. The van der Waals surface area contributed by atoms with Crippen molar-refractivity contribution in [1.82, 2.24) is 9.62 Å². The Morgan fingerprint density at radius 3 is 2.26 bits per heavy atom. The van der Waals surface area contributed by atoms with Crippen molar-refractivity contribution in [3.63, 3.8) is 0 Å². The van der Waals surface area contributed by atoms with Crippen LogP contribution in [-0.4, -0.2) is 36.8 Å². The predicted molar refractivity (Wildman–Crippen MR) is 177 cm³/mol. The number of amides is 1. The quantitative estimate of drug-likeness (QED) is 0.0806. The van der Waals surface area contributed by atoms with Gasteiger partial charge in [0.2, 0.25) is 5.91 Å². The van der Waals surface area contributed by atoms with Crippen molar-refractivity contribution in [1.29, 1.82) is 0 Å². The largest absolute Gasteiger partial charge is 0.494 e. The zero-order chi connectivity index (χ0) is 30.7. The third kappa shape index (κ3) is 10.0. The van der Waals surface area contributed by atoms with E-state index in [4.69, 9.17) is 16.3 Å². The maximum atomic E-state index is 14.3. The maximum absolute atomic E-state index is 14.3. The maximum Gasteiger partial charge on any atom is 0.285 e. The van der Waals surface area contributed by atoms with Gasteiger partial charge in [0.05, 0.1) is 18.1 Å². The van der Waals surface area contributed by atoms with Gasteiger partial charge in [-0.25, -0.2) is 0 Å². The third-order valence-corrected chi connectivity index (χ3v) is 8.23. The molecule has 0 heterocycles. The van der Waals surface area contributed by atoms with Crippen LogP contribution in [0.25, 0.3) is 0 Å². The zero-order valence-electron chi connectivity index (χ0n) is 24.0. The summed E-state index contributed by atoms with van der Waals surface area (Å²) in [5, 5.41) is 0.0852. The fourth-order valence-corrected chi connectivity index (χ4v) is 5.97. The zero-order valence-corrected chi connectivity index (χ0v) is 26.7. The molecule has 0 aromatic heterocycles. The Morgan fingerprint density at radius 2 is 1.63 bits per heavy atom. The fourth-order valence-electron chi connectivity index (χ4n) is 5.03. The number of hydrogen-bond donors (Lipinski definition) is 1. The summed E-state index contributed by atoms with van der Waals surface area (Å²) in [5.74, 6) is 0.706. The molecule has 1 amide bonds. The summed E-state index contributed by atoms with van der Waals surface area (Å²) in [5.41, 5.74) is 0.557. The topological polar surface area (TPSA) is 41.6 Å². The first-order chi connectivity index (χ1) is 20.7. The first kappa shape index (κ1) is 32.9. The number of carbonyl (C=O) groups excluding carboxylic acids is 1. The van der Waals surface area contributed by atoms with Crippen LogP contribution in [0.4, 0.5) is 8.78 Å². The molecule has 0 aliphatic rings. The van der Waals surface area contributed by atoms with Crippen molar-refractivity contribution in [3.8, 4) is 5.75 Å². The van der Waals surface area contributed by atoms with Crippen LogP contribution in [0.15, 0.2) is 103 Å². The highest BCUT2D eigenvalue weighted by atomic mass is 35.5. The molecule has 1 unspecified atom stereocenters. The van der Waals surface area contributed by atoms with Gasteiger partial charge >= 0.3 is 0 Å². The molecule has 0 spiro atoms. The lowest BCUT2D eigenvalue weighted by Gasteiger charge is -2.29. The van der Waals surface area contributed by atoms with Crippen LogP contribution in [0.5, 0.6) is 5.75 Å². The predicted octanol–water partition coefficient (Wildman–Crippen LogP) is 8.30. The summed E-state index contributed by atoms with van der Waals surface area (Å²) < 4.78 is 37.3. The van der Waals surface area contributed by atoms with Crippen LogP contribution >= 0.6 is 32.8 Å². The van der Waals surface area contributed by atoms with Crippen LogP contribution in [0.1, 0.15) is 40.2 Å². The Morgan fingerprint density at radius 1 is 0.977 bits per heavy atom. The van der Waals surface area contributed by atoms with E-state index in [9.17, 15) is 13.6 Å². The molecular formula is C34H36ClF2N2O2PS. The minimum atomic E-state index is -3.12. The summed E-state index contributed by atoms with van der Waals surface area (Å²) in [4.78, 5) is 14.2. The normalized spacial score (nSPS) is 11.6. The molecule has 43 heavy (non-hydrogen) atoms. The van der Waals surface area contributed by atoms with Crippen molar-refractivity contribution >= 4 is 38.7 Å². The van der Waals surface area contributed by atoms with Gasteiger partial charge in [0.15, 0.2) is 0 Å². The summed E-state index contributed by atoms with van der Waals surface area (Å²) in [7, 11) is 1.58. The average Bonchev–Trinajstić information content (AvgIpc) is 2.99. The van der Waals surface area contributed by atoms with E-state index in [1.165, 1.54) is 29.1 Å². The van der Waals surface area contributed by atoms with Gasteiger partial charge < -0.3 is 9.46 Å². The summed E-state index contributed by atoms with van der Waals surface area (Å²) in [6.07, 6.45) is 2.79. The first-order valence-electron chi connectivity index (χ1n) is 14.0. The molecule has 4 nitrogen and oxygen atoms in total. The van der Waals surface area contributed by atoms with E-state index >= 15 is 0 Å². The van der Waals surface area contributed by atoms with E-state index in [1.807, 2.05) is 73.0 Å². The van der Waals surface area contributed by atoms with Gasteiger partial charge in [-0.15, -0.1) is 0 Å². The van der Waals surface area contributed by atoms with E-state index in [2.05, 4.69) is 33.9 Å². The van der Waals surface area contributed by atoms with Crippen molar-refractivity contribution in [3.05, 3.63) is 136 Å². The standard InChI is InChI=1S/C34H36ClF2N2O2PS/c1-43-38-32(40)22-25-11-8-17-29(21-25)41-20-10-19-39(23-28-16-9-18-31(33(28)35)34(36,37)42)24-30(26-12-4-2-5-13-26)27-14-6-3-7-15-27/h2-9,11-18,21,30H,10,19-20,22-24,42H2,1H3,(H,38,40). The van der Waals surface area contributed by atoms with Crippen molar-refractivity contribution in [2.75, 3.05) is 26.0 Å². The van der Waals surface area contributed by atoms with E-state index in [0.29, 0.717) is 44.0 Å². The average molecular weight is 641 g/mol. The monoisotopic (exact) mass is 640 g/mol. The van der Waals surface area contributed by atoms with Crippen LogP contribution in [0, 0.1) is 0 Å². The second kappa shape index (κ2) is 16.2. The Bertz CT molecular complexity index is 1420. The summed E-state index contributed by atoms with van der Waals surface area (Å²) >= 11 is 7.82. The molecule has 0 aliphatic heterocycles. The van der Waals surface area contributed by atoms with Crippen LogP contribution in [0.3, 0.4) is 0 Å². The molecule has 0 aliphatic carbocycles. The molecule has 0 bridgehead atoms. The van der Waals surface area contributed by atoms with Crippen LogP contribution in [0.2, 0.25) is 5.02 Å². The Hall–Kier alpha value is -2.96. The molecule has 0 saturated carbocycles. The lowest BCUT2D eigenvalue weighted by atomic mass is 9.90. The number of benzene rings is 4. The van der Waals surface area contributed by atoms with E-state index in [-0.39, 0.29) is 28.8 Å². The van der Waals surface area contributed by atoms with Crippen molar-refractivity contribution in [2.24, 2.45) is 0 Å². The number of nitrogens with one attached hydrogen (secondary N) is 1. The highest BCUT2D eigenvalue weighted by molar-refractivity contribution is 7.97. The smallest absolute Gasteiger partial charge is 0.285 e. The fraction of sp³-hybridized carbons (Fsp3) is 0.265. The van der Waals surface area contributed by atoms with Gasteiger partial charge in [0, 0.05) is 37.4 Å². The van der Waals surface area contributed by atoms with Crippen molar-refractivity contribution in [2.45, 2.75) is 31.0 Å². The first-order valence-corrected chi connectivity index (χ1v) is 16.2. The Balaban J connectivity index is 1.51. The Kier molecular flexibility index (Phi) is 12.4. The van der Waals surface area contributed by atoms with Crippen molar-refractivity contribution < 1.29 is 18.3 Å². The van der Waals surface area contributed by atoms with Crippen LogP contribution in [-0.2, 0) is 23.4 Å². The number of carbonyl (C=O) groups is 1. The molecule has 4 rings (SSSR count). The highest BCUT2D eigenvalue weighted by Crippen LogP contribution is 2.40. The molecule has 1 N–H and O–H groups in total. The number of rotatable bonds is 15. The molecule has 1 atom stereocenters. The number of halogens is 3. The van der Waals surface area contributed by atoms with Gasteiger partial charge in [-0.1, -0.05) is 124 Å². The molecular weight excluding hydrogens is 605 g/mol. The number of hydrogen-bond acceptors (Lipinski definition) is 4. The number of nitrogens with zero attached hydrogens (tertiary/aromatic N) is 1. The third-order valence-electron chi connectivity index (χ3n) is 7.04. The van der Waals surface area contributed by atoms with Gasteiger partial charge in [0.1, 0.15) is 5.75 Å². The minimum Gasteiger partial charge on any atom is -0.494 e. The number of ether oxygens (including phenoxy) is 1. The molecule has 4 aromatic carbocycles. The lowest BCUT2D eigenvalue weighted by Crippen LogP contribution is -2.31. The van der Waals surface area contributed by atoms with Gasteiger partial charge in [0.25, 0.3) is 5.66 Å². The van der Waals surface area contributed by atoms with E-state index < -0.39 is 5.66 Å². The SMILES string of the molecule is CSNC(=O)Cc1cccc(OCCCN(Cc2cccc(C(F)(F)P)c2Cl)CC(c2ccccc2)c2ccccc2)c1. The highest BCUT2D eigenvalue weighted by Gasteiger charge is 2.29. The van der Waals surface area contributed by atoms with Gasteiger partial charge in [-0.2, -0.15) is 8.78 Å². The molecule has 0 radical (unpaired) electrons. The Labute approximate surface area is 264 Å². The second-order valence-corrected chi connectivity index (χ2v) is 12.0. The molecule has 9 heteroatoms. The molecule has 4 aromatic rings. The minimum absolute atomic E-state index is 0.0613. The second-order valence-electron chi connectivity index (χ2n) is 10.3. The van der Waals surface area contributed by atoms with E-state index in [0.717, 1.165) is 5.56 Å². The van der Waals surface area contributed by atoms with Crippen LogP contribution < -0.4 is 9.46 Å². The summed E-state index contributed by atoms with van der Waals surface area (Å²) in [6, 6.07) is 32.9.